The second kappa shape index (κ2) is 7.75. The fraction of sp³-hybridized carbons (Fsp3) is 0.588. The Morgan fingerprint density at radius 1 is 1.48 bits per heavy atom. The van der Waals surface area contributed by atoms with Crippen LogP contribution in [0.5, 0.6) is 5.75 Å². The highest BCUT2D eigenvalue weighted by Gasteiger charge is 2.46. The van der Waals surface area contributed by atoms with Crippen molar-refractivity contribution in [3.8, 4) is 5.75 Å². The van der Waals surface area contributed by atoms with Crippen LogP contribution in [0.3, 0.4) is 0 Å². The van der Waals surface area contributed by atoms with Gasteiger partial charge in [-0.2, -0.15) is 0 Å². The molecule has 1 N–H and O–H groups in total. The second-order valence-corrected chi connectivity index (χ2v) is 5.77. The molecule has 23 heavy (non-hydrogen) atoms. The third kappa shape index (κ3) is 3.64. The van der Waals surface area contributed by atoms with Gasteiger partial charge in [0.1, 0.15) is 5.54 Å². The summed E-state index contributed by atoms with van der Waals surface area (Å²) in [5.74, 6) is -0.170. The first-order valence-electron chi connectivity index (χ1n) is 7.94. The van der Waals surface area contributed by atoms with Crippen LogP contribution in [0.1, 0.15) is 25.3 Å². The number of halogens is 1. The first-order valence-corrected chi connectivity index (χ1v) is 7.94. The minimum Gasteiger partial charge on any atom is -0.491 e. The molecule has 1 aliphatic heterocycles. The van der Waals surface area contributed by atoms with Gasteiger partial charge in [-0.05, 0) is 44.0 Å². The van der Waals surface area contributed by atoms with Crippen molar-refractivity contribution in [2.24, 2.45) is 0 Å². The lowest BCUT2D eigenvalue weighted by Gasteiger charge is -2.36. The number of nitrogens with zero attached hydrogens (tertiary/aromatic N) is 1. The van der Waals surface area contributed by atoms with Crippen LogP contribution in [0.2, 0.25) is 0 Å². The van der Waals surface area contributed by atoms with Gasteiger partial charge < -0.3 is 14.8 Å². The van der Waals surface area contributed by atoms with E-state index in [2.05, 4.69) is 10.2 Å². The largest absolute Gasteiger partial charge is 0.491 e. The van der Waals surface area contributed by atoms with Gasteiger partial charge in [0.05, 0.1) is 13.2 Å². The van der Waals surface area contributed by atoms with E-state index in [1.807, 2.05) is 13.0 Å². The van der Waals surface area contributed by atoms with Crippen LogP contribution in [-0.2, 0) is 16.1 Å². The Hall–Kier alpha value is -1.66. The van der Waals surface area contributed by atoms with Crippen molar-refractivity contribution in [2.45, 2.75) is 31.8 Å². The lowest BCUT2D eigenvalue weighted by Crippen LogP contribution is -2.57. The SMILES string of the molecule is CCOc1ccc(CN2CCCC2(COC)C(=O)NC)cc1F. The van der Waals surface area contributed by atoms with Gasteiger partial charge in [0.15, 0.2) is 11.6 Å². The van der Waals surface area contributed by atoms with Crippen molar-refractivity contribution in [3.63, 3.8) is 0 Å². The molecule has 6 heteroatoms. The number of hydrogen-bond acceptors (Lipinski definition) is 4. The fourth-order valence-electron chi connectivity index (χ4n) is 3.26. The molecule has 0 spiro atoms. The number of amides is 1. The van der Waals surface area contributed by atoms with Gasteiger partial charge in [-0.1, -0.05) is 6.07 Å². The zero-order chi connectivity index (χ0) is 16.9. The van der Waals surface area contributed by atoms with Gasteiger partial charge in [0.2, 0.25) is 5.91 Å². The summed E-state index contributed by atoms with van der Waals surface area (Å²) in [6.45, 7) is 3.86. The summed E-state index contributed by atoms with van der Waals surface area (Å²) in [7, 11) is 3.23. The van der Waals surface area contributed by atoms with E-state index in [1.54, 1.807) is 20.2 Å². The average Bonchev–Trinajstić information content (AvgIpc) is 2.93. The molecule has 1 unspecified atom stereocenters. The Balaban J connectivity index is 2.20. The van der Waals surface area contributed by atoms with Crippen LogP contribution in [0.25, 0.3) is 0 Å². The normalized spacial score (nSPS) is 21.4. The van der Waals surface area contributed by atoms with Crippen molar-refractivity contribution in [1.82, 2.24) is 10.2 Å². The Morgan fingerprint density at radius 3 is 2.87 bits per heavy atom. The Kier molecular flexibility index (Phi) is 5.96. The van der Waals surface area contributed by atoms with Gasteiger partial charge in [0, 0.05) is 20.7 Å². The van der Waals surface area contributed by atoms with Gasteiger partial charge in [-0.15, -0.1) is 0 Å². The number of likely N-dealkylation sites (tertiary alicyclic amines) is 1. The standard InChI is InChI=1S/C17H25FN2O3/c1-4-23-15-7-6-13(10-14(15)18)11-20-9-5-8-17(20,12-22-3)16(21)19-2/h6-7,10H,4-5,8-9,11-12H2,1-3H3,(H,19,21). The van der Waals surface area contributed by atoms with Crippen LogP contribution in [0.15, 0.2) is 18.2 Å². The Morgan fingerprint density at radius 2 is 2.26 bits per heavy atom. The molecule has 0 aliphatic carbocycles. The number of carbonyl (C=O) groups excluding carboxylic acids is 1. The Labute approximate surface area is 136 Å². The summed E-state index contributed by atoms with van der Waals surface area (Å²) in [5, 5.41) is 2.73. The predicted octanol–water partition coefficient (Wildman–Crippen LogP) is 1.95. The van der Waals surface area contributed by atoms with Crippen LogP contribution < -0.4 is 10.1 Å². The molecule has 0 radical (unpaired) electrons. The monoisotopic (exact) mass is 324 g/mol. The summed E-state index contributed by atoms with van der Waals surface area (Å²) in [6, 6.07) is 4.96. The number of nitrogens with one attached hydrogen (secondary N) is 1. The average molecular weight is 324 g/mol. The highest BCUT2D eigenvalue weighted by atomic mass is 19.1. The molecule has 128 valence electrons. The van der Waals surface area contributed by atoms with Crippen molar-refractivity contribution in [2.75, 3.05) is 33.9 Å². The van der Waals surface area contributed by atoms with E-state index in [1.165, 1.54) is 6.07 Å². The number of ether oxygens (including phenoxy) is 2. The molecule has 1 amide bonds. The van der Waals surface area contributed by atoms with Gasteiger partial charge in [-0.3, -0.25) is 9.69 Å². The molecule has 1 aromatic carbocycles. The molecule has 1 aliphatic rings. The minimum atomic E-state index is -0.682. The van der Waals surface area contributed by atoms with E-state index < -0.39 is 5.54 Å². The van der Waals surface area contributed by atoms with Gasteiger partial charge in [-0.25, -0.2) is 4.39 Å². The van der Waals surface area contributed by atoms with Crippen molar-refractivity contribution >= 4 is 5.91 Å². The minimum absolute atomic E-state index is 0.0525. The maximum absolute atomic E-state index is 14.0. The molecule has 1 aromatic rings. The number of methoxy groups -OCH3 is 1. The summed E-state index contributed by atoms with van der Waals surface area (Å²) in [4.78, 5) is 14.5. The van der Waals surface area contributed by atoms with Crippen LogP contribution in [0, 0.1) is 5.82 Å². The topological polar surface area (TPSA) is 50.8 Å². The zero-order valence-electron chi connectivity index (χ0n) is 14.0. The molecule has 1 heterocycles. The number of likely N-dealkylation sites (N-methyl/N-ethyl adjacent to an activating group) is 1. The highest BCUT2D eigenvalue weighted by Crippen LogP contribution is 2.32. The second-order valence-electron chi connectivity index (χ2n) is 5.77. The molecular formula is C17H25FN2O3. The lowest BCUT2D eigenvalue weighted by atomic mass is 9.95. The van der Waals surface area contributed by atoms with E-state index in [4.69, 9.17) is 9.47 Å². The summed E-state index contributed by atoms with van der Waals surface area (Å²) >= 11 is 0. The van der Waals surface area contributed by atoms with E-state index in [0.29, 0.717) is 19.8 Å². The van der Waals surface area contributed by atoms with Gasteiger partial charge in [0.25, 0.3) is 0 Å². The molecule has 0 saturated carbocycles. The van der Waals surface area contributed by atoms with Crippen LogP contribution in [-0.4, -0.2) is 50.3 Å². The van der Waals surface area contributed by atoms with E-state index >= 15 is 0 Å². The number of hydrogen-bond donors (Lipinski definition) is 1. The highest BCUT2D eigenvalue weighted by molar-refractivity contribution is 5.86. The first-order chi connectivity index (χ1) is 11.1. The maximum atomic E-state index is 14.0. The van der Waals surface area contributed by atoms with Crippen molar-refractivity contribution in [1.29, 1.82) is 0 Å². The molecule has 0 aromatic heterocycles. The maximum Gasteiger partial charge on any atom is 0.242 e. The molecule has 0 bridgehead atoms. The molecule has 1 atom stereocenters. The van der Waals surface area contributed by atoms with Crippen LogP contribution in [0.4, 0.5) is 4.39 Å². The predicted molar refractivity (Wildman–Crippen MR) is 85.9 cm³/mol. The van der Waals surface area contributed by atoms with Crippen LogP contribution >= 0.6 is 0 Å². The number of rotatable bonds is 7. The number of benzene rings is 1. The third-order valence-electron chi connectivity index (χ3n) is 4.33. The third-order valence-corrected chi connectivity index (χ3v) is 4.33. The summed E-state index contributed by atoms with van der Waals surface area (Å²) in [6.07, 6.45) is 1.65. The molecule has 1 saturated heterocycles. The van der Waals surface area contributed by atoms with Gasteiger partial charge >= 0.3 is 0 Å². The lowest BCUT2D eigenvalue weighted by molar-refractivity contribution is -0.135. The number of carbonyl (C=O) groups is 1. The zero-order valence-corrected chi connectivity index (χ0v) is 14.0. The molecular weight excluding hydrogens is 299 g/mol. The fourth-order valence-corrected chi connectivity index (χ4v) is 3.26. The molecule has 1 fully saturated rings. The van der Waals surface area contributed by atoms with E-state index in [9.17, 15) is 9.18 Å². The Bertz CT molecular complexity index is 553. The van der Waals surface area contributed by atoms with E-state index in [-0.39, 0.29) is 17.5 Å². The molecule has 2 rings (SSSR count). The first kappa shape index (κ1) is 17.7. The van der Waals surface area contributed by atoms with Crippen molar-refractivity contribution in [3.05, 3.63) is 29.6 Å². The smallest absolute Gasteiger partial charge is 0.242 e. The molecule has 5 nitrogen and oxygen atoms in total. The summed E-state index contributed by atoms with van der Waals surface area (Å²) < 4.78 is 24.6. The quantitative estimate of drug-likeness (QED) is 0.833. The van der Waals surface area contributed by atoms with E-state index in [0.717, 1.165) is 24.9 Å². The summed E-state index contributed by atoms with van der Waals surface area (Å²) in [5.41, 5.74) is 0.135. The van der Waals surface area contributed by atoms with Crippen molar-refractivity contribution < 1.29 is 18.7 Å².